The molecule has 21 heavy (non-hydrogen) atoms. The molecule has 0 bridgehead atoms. The average molecular weight is 352 g/mol. The van der Waals surface area contributed by atoms with Crippen molar-refractivity contribution in [1.29, 1.82) is 0 Å². The SMILES string of the molecule is Cc1ccc(C(=O)O)cc1Oc1c(Br)cccc1[N+](=O)[O-]. The highest BCUT2D eigenvalue weighted by molar-refractivity contribution is 9.10. The van der Waals surface area contributed by atoms with Gasteiger partial charge < -0.3 is 9.84 Å². The number of hydrogen-bond donors (Lipinski definition) is 1. The molecule has 108 valence electrons. The van der Waals surface area contributed by atoms with Crippen LogP contribution in [0.15, 0.2) is 40.9 Å². The van der Waals surface area contributed by atoms with E-state index in [0.29, 0.717) is 10.0 Å². The number of halogens is 1. The van der Waals surface area contributed by atoms with Crippen LogP contribution in [0.2, 0.25) is 0 Å². The van der Waals surface area contributed by atoms with Crippen LogP contribution in [0.5, 0.6) is 11.5 Å². The summed E-state index contributed by atoms with van der Waals surface area (Å²) >= 11 is 3.20. The molecule has 0 fully saturated rings. The van der Waals surface area contributed by atoms with E-state index in [1.165, 1.54) is 24.3 Å². The molecule has 0 heterocycles. The Morgan fingerprint density at radius 3 is 2.67 bits per heavy atom. The van der Waals surface area contributed by atoms with Crippen molar-refractivity contribution in [2.24, 2.45) is 0 Å². The summed E-state index contributed by atoms with van der Waals surface area (Å²) in [5.41, 5.74) is 0.514. The minimum Gasteiger partial charge on any atom is -0.478 e. The van der Waals surface area contributed by atoms with Crippen LogP contribution in [0.25, 0.3) is 0 Å². The Labute approximate surface area is 128 Å². The molecule has 0 saturated heterocycles. The number of nitro benzene ring substituents is 1. The van der Waals surface area contributed by atoms with E-state index >= 15 is 0 Å². The van der Waals surface area contributed by atoms with Gasteiger partial charge in [-0.2, -0.15) is 0 Å². The third kappa shape index (κ3) is 3.19. The molecule has 0 unspecified atom stereocenters. The van der Waals surface area contributed by atoms with Crippen molar-refractivity contribution in [3.63, 3.8) is 0 Å². The van der Waals surface area contributed by atoms with Crippen molar-refractivity contribution >= 4 is 27.6 Å². The molecule has 1 N–H and O–H groups in total. The molecule has 0 amide bonds. The largest absolute Gasteiger partial charge is 0.478 e. The number of nitro groups is 1. The molecule has 0 atom stereocenters. The molecule has 2 aromatic carbocycles. The molecule has 7 heteroatoms. The predicted molar refractivity (Wildman–Crippen MR) is 79.0 cm³/mol. The van der Waals surface area contributed by atoms with Crippen molar-refractivity contribution in [3.05, 3.63) is 62.1 Å². The van der Waals surface area contributed by atoms with Crippen LogP contribution in [0.1, 0.15) is 15.9 Å². The van der Waals surface area contributed by atoms with Gasteiger partial charge in [-0.3, -0.25) is 10.1 Å². The fourth-order valence-electron chi connectivity index (χ4n) is 1.70. The number of rotatable bonds is 4. The van der Waals surface area contributed by atoms with E-state index < -0.39 is 10.9 Å². The Hall–Kier alpha value is -2.41. The van der Waals surface area contributed by atoms with Gasteiger partial charge in [-0.15, -0.1) is 0 Å². The second-order valence-electron chi connectivity index (χ2n) is 4.23. The molecule has 0 radical (unpaired) electrons. The van der Waals surface area contributed by atoms with Gasteiger partial charge in [0.2, 0.25) is 5.75 Å². The van der Waals surface area contributed by atoms with Gasteiger partial charge in [0.25, 0.3) is 0 Å². The number of nitrogens with zero attached hydrogens (tertiary/aromatic N) is 1. The number of para-hydroxylation sites is 1. The molecule has 0 aromatic heterocycles. The van der Waals surface area contributed by atoms with Gasteiger partial charge >= 0.3 is 11.7 Å². The fraction of sp³-hybridized carbons (Fsp3) is 0.0714. The maximum Gasteiger partial charge on any atom is 0.335 e. The number of carboxylic acids is 1. The highest BCUT2D eigenvalue weighted by atomic mass is 79.9. The number of carboxylic acid groups (broad SMARTS) is 1. The summed E-state index contributed by atoms with van der Waals surface area (Å²) in [4.78, 5) is 21.5. The summed E-state index contributed by atoms with van der Waals surface area (Å²) < 4.78 is 5.99. The summed E-state index contributed by atoms with van der Waals surface area (Å²) in [5, 5.41) is 20.0. The van der Waals surface area contributed by atoms with Gasteiger partial charge in [0.15, 0.2) is 0 Å². The van der Waals surface area contributed by atoms with Crippen LogP contribution >= 0.6 is 15.9 Å². The first-order chi connectivity index (χ1) is 9.90. The first kappa shape index (κ1) is 15.0. The van der Waals surface area contributed by atoms with Gasteiger partial charge in [-0.25, -0.2) is 4.79 Å². The topological polar surface area (TPSA) is 89.7 Å². The Balaban J connectivity index is 2.50. The zero-order valence-electron chi connectivity index (χ0n) is 10.9. The molecule has 2 rings (SSSR count). The third-order valence-corrected chi connectivity index (χ3v) is 3.41. The molecule has 0 saturated carbocycles. The monoisotopic (exact) mass is 351 g/mol. The van der Waals surface area contributed by atoms with Crippen molar-refractivity contribution in [1.82, 2.24) is 0 Å². The van der Waals surface area contributed by atoms with Crippen LogP contribution < -0.4 is 4.74 Å². The van der Waals surface area contributed by atoms with E-state index in [0.717, 1.165) is 0 Å². The van der Waals surface area contributed by atoms with Crippen LogP contribution in [-0.4, -0.2) is 16.0 Å². The van der Waals surface area contributed by atoms with E-state index in [1.807, 2.05) is 0 Å². The van der Waals surface area contributed by atoms with Gasteiger partial charge in [0.05, 0.1) is 15.0 Å². The van der Waals surface area contributed by atoms with Crippen LogP contribution in [-0.2, 0) is 0 Å². The Bertz CT molecular complexity index is 729. The maximum absolute atomic E-state index is 11.0. The van der Waals surface area contributed by atoms with Crippen molar-refractivity contribution < 1.29 is 19.6 Å². The zero-order valence-corrected chi connectivity index (χ0v) is 12.5. The second kappa shape index (κ2) is 5.92. The maximum atomic E-state index is 11.0. The lowest BCUT2D eigenvalue weighted by molar-refractivity contribution is -0.385. The smallest absolute Gasteiger partial charge is 0.335 e. The highest BCUT2D eigenvalue weighted by Crippen LogP contribution is 2.39. The highest BCUT2D eigenvalue weighted by Gasteiger charge is 2.20. The van der Waals surface area contributed by atoms with E-state index in [-0.39, 0.29) is 22.7 Å². The van der Waals surface area contributed by atoms with Crippen LogP contribution in [0.4, 0.5) is 5.69 Å². The lowest BCUT2D eigenvalue weighted by atomic mass is 10.1. The lowest BCUT2D eigenvalue weighted by Crippen LogP contribution is -1.99. The molecule has 0 aliphatic rings. The number of hydrogen-bond acceptors (Lipinski definition) is 4. The zero-order chi connectivity index (χ0) is 15.6. The quantitative estimate of drug-likeness (QED) is 0.659. The van der Waals surface area contributed by atoms with Crippen molar-refractivity contribution in [2.75, 3.05) is 0 Å². The van der Waals surface area contributed by atoms with Crippen LogP contribution in [0, 0.1) is 17.0 Å². The van der Waals surface area contributed by atoms with E-state index in [2.05, 4.69) is 15.9 Å². The number of aryl methyl sites for hydroxylation is 1. The van der Waals surface area contributed by atoms with Gasteiger partial charge in [0, 0.05) is 6.07 Å². The molecule has 0 aliphatic heterocycles. The minimum absolute atomic E-state index is 0.0353. The number of ether oxygens (including phenoxy) is 1. The molecule has 2 aromatic rings. The summed E-state index contributed by atoms with van der Waals surface area (Å²) in [6, 6.07) is 8.81. The lowest BCUT2D eigenvalue weighted by Gasteiger charge is -2.11. The molecule has 0 aliphatic carbocycles. The Morgan fingerprint density at radius 2 is 2.05 bits per heavy atom. The minimum atomic E-state index is -1.10. The Morgan fingerprint density at radius 1 is 1.33 bits per heavy atom. The fourth-order valence-corrected chi connectivity index (χ4v) is 2.13. The molecule has 0 spiro atoms. The number of aromatic carboxylic acids is 1. The van der Waals surface area contributed by atoms with E-state index in [9.17, 15) is 14.9 Å². The molecular formula is C14H10BrNO5. The first-order valence-electron chi connectivity index (χ1n) is 5.85. The summed E-state index contributed by atoms with van der Waals surface area (Å²) in [6.45, 7) is 1.73. The van der Waals surface area contributed by atoms with E-state index in [4.69, 9.17) is 9.84 Å². The second-order valence-corrected chi connectivity index (χ2v) is 5.09. The van der Waals surface area contributed by atoms with Crippen molar-refractivity contribution in [2.45, 2.75) is 6.92 Å². The van der Waals surface area contributed by atoms with Crippen LogP contribution in [0.3, 0.4) is 0 Å². The van der Waals surface area contributed by atoms with Gasteiger partial charge in [-0.05, 0) is 46.6 Å². The summed E-state index contributed by atoms with van der Waals surface area (Å²) in [6.07, 6.45) is 0. The van der Waals surface area contributed by atoms with E-state index in [1.54, 1.807) is 19.1 Å². The molecular weight excluding hydrogens is 342 g/mol. The number of carbonyl (C=O) groups is 1. The average Bonchev–Trinajstić information content (AvgIpc) is 2.42. The summed E-state index contributed by atoms with van der Waals surface area (Å²) in [7, 11) is 0. The van der Waals surface area contributed by atoms with Crippen molar-refractivity contribution in [3.8, 4) is 11.5 Å². The molecule has 6 nitrogen and oxygen atoms in total. The predicted octanol–water partition coefficient (Wildman–Crippen LogP) is 4.16. The Kier molecular flexibility index (Phi) is 4.23. The third-order valence-electron chi connectivity index (χ3n) is 2.79. The van der Waals surface area contributed by atoms with Gasteiger partial charge in [0.1, 0.15) is 5.75 Å². The van der Waals surface area contributed by atoms with Gasteiger partial charge in [-0.1, -0.05) is 12.1 Å². The normalized spacial score (nSPS) is 10.2. The number of benzene rings is 2. The standard InChI is InChI=1S/C14H10BrNO5/c1-8-5-6-9(14(17)18)7-12(8)21-13-10(15)3-2-4-11(13)16(19)20/h2-7H,1H3,(H,17,18). The first-order valence-corrected chi connectivity index (χ1v) is 6.64. The summed E-state index contributed by atoms with van der Waals surface area (Å²) in [5.74, 6) is -0.806.